The number of hydrogen-bond acceptors (Lipinski definition) is 6. The quantitative estimate of drug-likeness (QED) is 0.654. The third-order valence-electron chi connectivity index (χ3n) is 5.16. The molecule has 8 heteroatoms. The number of pyridine rings is 1. The number of carbonyl (C=O) groups excluding carboxylic acids is 2. The van der Waals surface area contributed by atoms with Gasteiger partial charge in [0.15, 0.2) is 0 Å². The first kappa shape index (κ1) is 22.2. The van der Waals surface area contributed by atoms with Crippen molar-refractivity contribution in [1.82, 2.24) is 15.6 Å². The summed E-state index contributed by atoms with van der Waals surface area (Å²) >= 11 is 0. The predicted molar refractivity (Wildman–Crippen MR) is 117 cm³/mol. The van der Waals surface area contributed by atoms with Crippen molar-refractivity contribution in [3.05, 3.63) is 58.9 Å². The lowest BCUT2D eigenvalue weighted by Gasteiger charge is -2.20. The molecule has 1 fully saturated rings. The summed E-state index contributed by atoms with van der Waals surface area (Å²) in [4.78, 5) is 31.0. The Morgan fingerprint density at radius 2 is 2.06 bits per heavy atom. The highest BCUT2D eigenvalue weighted by Crippen LogP contribution is 2.23. The highest BCUT2D eigenvalue weighted by molar-refractivity contribution is 5.96. The molecule has 2 aromatic rings. The number of aromatic nitrogens is 1. The van der Waals surface area contributed by atoms with E-state index in [-0.39, 0.29) is 30.1 Å². The Labute approximate surface area is 181 Å². The molecule has 1 aromatic carbocycles. The Kier molecular flexibility index (Phi) is 6.56. The molecule has 2 heterocycles. The highest BCUT2D eigenvalue weighted by Gasteiger charge is 2.25. The Bertz CT molecular complexity index is 1010. The molecule has 0 saturated carbocycles. The summed E-state index contributed by atoms with van der Waals surface area (Å²) in [6, 6.07) is 11.0. The van der Waals surface area contributed by atoms with Gasteiger partial charge in [0.25, 0.3) is 11.8 Å². The fourth-order valence-corrected chi connectivity index (χ4v) is 3.40. The summed E-state index contributed by atoms with van der Waals surface area (Å²) in [5, 5.41) is 24.4. The highest BCUT2D eigenvalue weighted by atomic mass is 16.3. The fraction of sp³-hybridized carbons (Fsp3) is 0.391. The van der Waals surface area contributed by atoms with Crippen LogP contribution in [0.3, 0.4) is 0 Å². The third kappa shape index (κ3) is 5.80. The molecule has 0 spiro atoms. The molecule has 1 aliphatic rings. The lowest BCUT2D eigenvalue weighted by atomic mass is 10.1. The standard InChI is InChI=1S/C23H27N5O3/c1-15-10-19(6-4-16(15)11-24)28-9-8-18(13-28)27-22(30)20-7-5-17(12-25-20)21(29)26-14-23(2,3)31/h4-7,10,12,18,31H,8-9,13-14H2,1-3H3,(H,26,29)(H,27,30)/t18-/m0/s1. The molecule has 3 N–H and O–H groups in total. The maximum Gasteiger partial charge on any atom is 0.270 e. The molecule has 3 rings (SSSR count). The van der Waals surface area contributed by atoms with E-state index in [0.717, 1.165) is 24.2 Å². The summed E-state index contributed by atoms with van der Waals surface area (Å²) in [7, 11) is 0. The molecule has 0 radical (unpaired) electrons. The van der Waals surface area contributed by atoms with Gasteiger partial charge in [0, 0.05) is 37.6 Å². The smallest absolute Gasteiger partial charge is 0.270 e. The third-order valence-corrected chi connectivity index (χ3v) is 5.16. The van der Waals surface area contributed by atoms with Crippen LogP contribution in [0.15, 0.2) is 36.5 Å². The zero-order valence-corrected chi connectivity index (χ0v) is 18.0. The van der Waals surface area contributed by atoms with Crippen molar-refractivity contribution in [1.29, 1.82) is 5.26 Å². The van der Waals surface area contributed by atoms with E-state index in [0.29, 0.717) is 17.7 Å². The van der Waals surface area contributed by atoms with Crippen LogP contribution in [0.5, 0.6) is 0 Å². The number of nitriles is 1. The zero-order chi connectivity index (χ0) is 22.6. The van der Waals surface area contributed by atoms with Crippen LogP contribution >= 0.6 is 0 Å². The summed E-state index contributed by atoms with van der Waals surface area (Å²) in [6.45, 7) is 6.72. The van der Waals surface area contributed by atoms with Gasteiger partial charge in [-0.2, -0.15) is 5.26 Å². The van der Waals surface area contributed by atoms with Gasteiger partial charge < -0.3 is 20.6 Å². The average molecular weight is 422 g/mol. The van der Waals surface area contributed by atoms with Crippen LogP contribution in [0.25, 0.3) is 0 Å². The zero-order valence-electron chi connectivity index (χ0n) is 18.0. The molecular weight excluding hydrogens is 394 g/mol. The molecule has 1 saturated heterocycles. The number of rotatable bonds is 6. The van der Waals surface area contributed by atoms with Crippen LogP contribution in [0.2, 0.25) is 0 Å². The number of nitrogens with zero attached hydrogens (tertiary/aromatic N) is 3. The van der Waals surface area contributed by atoms with Gasteiger partial charge in [0.2, 0.25) is 0 Å². The monoisotopic (exact) mass is 421 g/mol. The van der Waals surface area contributed by atoms with Gasteiger partial charge in [-0.3, -0.25) is 14.6 Å². The van der Waals surface area contributed by atoms with Gasteiger partial charge >= 0.3 is 0 Å². The topological polar surface area (TPSA) is 118 Å². The number of carbonyl (C=O) groups is 2. The van der Waals surface area contributed by atoms with Crippen LogP contribution in [-0.2, 0) is 0 Å². The van der Waals surface area contributed by atoms with Gasteiger partial charge in [-0.25, -0.2) is 0 Å². The minimum atomic E-state index is -1.01. The number of benzene rings is 1. The number of amides is 2. The first-order valence-corrected chi connectivity index (χ1v) is 10.2. The second kappa shape index (κ2) is 9.14. The molecule has 8 nitrogen and oxygen atoms in total. The molecular formula is C23H27N5O3. The van der Waals surface area contributed by atoms with Crippen molar-refractivity contribution in [3.63, 3.8) is 0 Å². The number of aryl methyl sites for hydroxylation is 1. The van der Waals surface area contributed by atoms with Crippen LogP contribution in [0.1, 0.15) is 52.2 Å². The second-order valence-electron chi connectivity index (χ2n) is 8.44. The summed E-state index contributed by atoms with van der Waals surface area (Å²) in [5.74, 6) is -0.642. The Morgan fingerprint density at radius 1 is 1.29 bits per heavy atom. The van der Waals surface area contributed by atoms with E-state index in [9.17, 15) is 14.7 Å². The van der Waals surface area contributed by atoms with Crippen molar-refractivity contribution in [2.45, 2.75) is 38.8 Å². The van der Waals surface area contributed by atoms with Crippen molar-refractivity contribution >= 4 is 17.5 Å². The van der Waals surface area contributed by atoms with Crippen molar-refractivity contribution in [3.8, 4) is 6.07 Å². The minimum Gasteiger partial charge on any atom is -0.389 e. The summed E-state index contributed by atoms with van der Waals surface area (Å²) in [6.07, 6.45) is 2.16. The molecule has 1 aromatic heterocycles. The van der Waals surface area contributed by atoms with E-state index < -0.39 is 5.60 Å². The normalized spacial score (nSPS) is 16.0. The summed E-state index contributed by atoms with van der Waals surface area (Å²) in [5.41, 5.74) is 2.19. The average Bonchev–Trinajstić information content (AvgIpc) is 3.20. The maximum absolute atomic E-state index is 12.6. The van der Waals surface area contributed by atoms with Gasteiger partial charge in [-0.15, -0.1) is 0 Å². The molecule has 0 bridgehead atoms. The molecule has 0 aliphatic carbocycles. The molecule has 162 valence electrons. The van der Waals surface area contributed by atoms with Gasteiger partial charge in [0.05, 0.1) is 22.8 Å². The number of anilines is 1. The van der Waals surface area contributed by atoms with Crippen LogP contribution in [0, 0.1) is 18.3 Å². The van der Waals surface area contributed by atoms with E-state index >= 15 is 0 Å². The molecule has 1 atom stereocenters. The van der Waals surface area contributed by atoms with E-state index in [4.69, 9.17) is 5.26 Å². The minimum absolute atomic E-state index is 0.0139. The SMILES string of the molecule is Cc1cc(N2CC[C@H](NC(=O)c3ccc(C(=O)NCC(C)(C)O)cn3)C2)ccc1C#N. The van der Waals surface area contributed by atoms with Crippen LogP contribution in [0.4, 0.5) is 5.69 Å². The van der Waals surface area contributed by atoms with Gasteiger partial charge in [0.1, 0.15) is 5.69 Å². The van der Waals surface area contributed by atoms with E-state index in [1.165, 1.54) is 12.3 Å². The molecule has 31 heavy (non-hydrogen) atoms. The van der Waals surface area contributed by atoms with Crippen molar-refractivity contribution in [2.24, 2.45) is 0 Å². The number of aliphatic hydroxyl groups is 1. The summed E-state index contributed by atoms with van der Waals surface area (Å²) < 4.78 is 0. The van der Waals surface area contributed by atoms with E-state index in [1.807, 2.05) is 25.1 Å². The van der Waals surface area contributed by atoms with Crippen molar-refractivity contribution in [2.75, 3.05) is 24.5 Å². The fourth-order valence-electron chi connectivity index (χ4n) is 3.40. The first-order valence-electron chi connectivity index (χ1n) is 10.2. The lowest BCUT2D eigenvalue weighted by Crippen LogP contribution is -2.38. The van der Waals surface area contributed by atoms with E-state index in [1.54, 1.807) is 19.9 Å². The molecule has 2 amide bonds. The number of nitrogens with one attached hydrogen (secondary N) is 2. The van der Waals surface area contributed by atoms with Crippen LogP contribution in [-0.4, -0.2) is 53.2 Å². The predicted octanol–water partition coefficient (Wildman–Crippen LogP) is 1.77. The van der Waals surface area contributed by atoms with Crippen LogP contribution < -0.4 is 15.5 Å². The Balaban J connectivity index is 1.55. The Hall–Kier alpha value is -3.44. The second-order valence-corrected chi connectivity index (χ2v) is 8.44. The van der Waals surface area contributed by atoms with Gasteiger partial charge in [-0.05, 0) is 63.1 Å². The molecule has 0 unspecified atom stereocenters. The maximum atomic E-state index is 12.6. The van der Waals surface area contributed by atoms with E-state index in [2.05, 4.69) is 26.6 Å². The molecule has 1 aliphatic heterocycles. The Morgan fingerprint density at radius 3 is 2.68 bits per heavy atom. The van der Waals surface area contributed by atoms with Gasteiger partial charge in [-0.1, -0.05) is 0 Å². The first-order chi connectivity index (χ1) is 14.7. The lowest BCUT2D eigenvalue weighted by molar-refractivity contribution is 0.0694. The largest absolute Gasteiger partial charge is 0.389 e. The number of hydrogen-bond donors (Lipinski definition) is 3. The van der Waals surface area contributed by atoms with Crippen molar-refractivity contribution < 1.29 is 14.7 Å².